The van der Waals surface area contributed by atoms with Crippen LogP contribution in [0.2, 0.25) is 0 Å². The number of hydrogen-bond donors (Lipinski definition) is 3. The number of benzene rings is 3. The van der Waals surface area contributed by atoms with E-state index in [-0.39, 0.29) is 27.3 Å². The number of pyridine rings is 1. The molecule has 3 N–H and O–H groups in total. The Morgan fingerprint density at radius 2 is 1.41 bits per heavy atom. The summed E-state index contributed by atoms with van der Waals surface area (Å²) in [6, 6.07) is 21.4. The van der Waals surface area contributed by atoms with Crippen LogP contribution in [0.5, 0.6) is 5.75 Å². The van der Waals surface area contributed by atoms with E-state index in [2.05, 4.69) is 15.2 Å². The lowest BCUT2D eigenvalue weighted by Crippen LogP contribution is -2.41. The molecule has 1 atom stereocenters. The number of fused-ring (bicyclic) bond motifs is 3. The molecule has 0 aliphatic carbocycles. The lowest BCUT2D eigenvalue weighted by Gasteiger charge is -2.19. The van der Waals surface area contributed by atoms with Gasteiger partial charge in [-0.2, -0.15) is 0 Å². The molecule has 0 radical (unpaired) electrons. The van der Waals surface area contributed by atoms with Crippen molar-refractivity contribution in [2.75, 3.05) is 39.1 Å². The lowest BCUT2D eigenvalue weighted by atomic mass is 10.1. The van der Waals surface area contributed by atoms with Crippen LogP contribution in [0.3, 0.4) is 0 Å². The summed E-state index contributed by atoms with van der Waals surface area (Å²) in [5.74, 6) is -2.95. The summed E-state index contributed by atoms with van der Waals surface area (Å²) in [5.41, 5.74) is 1.58. The van der Waals surface area contributed by atoms with Crippen molar-refractivity contribution in [3.63, 3.8) is 0 Å². The zero-order chi connectivity index (χ0) is 33.0. The van der Waals surface area contributed by atoms with Gasteiger partial charge in [0.25, 0.3) is 23.6 Å². The Kier molecular flexibility index (Phi) is 9.32. The molecule has 3 heterocycles. The fourth-order valence-corrected chi connectivity index (χ4v) is 4.58. The number of aliphatic carboxylic acids is 1. The fourth-order valence-electron chi connectivity index (χ4n) is 4.58. The Bertz CT molecular complexity index is 1770. The highest BCUT2D eigenvalue weighted by molar-refractivity contribution is 6.21. The average molecular weight is 628 g/mol. The molecule has 2 aliphatic heterocycles. The minimum atomic E-state index is -1.57. The van der Waals surface area contributed by atoms with Crippen LogP contribution >= 0.6 is 0 Å². The molecule has 14 nitrogen and oxygen atoms in total. The number of carbonyl (C=O) groups excluding carboxylic acids is 4. The van der Waals surface area contributed by atoms with E-state index < -0.39 is 42.3 Å². The largest absolute Gasteiger partial charge is 0.490 e. The molecular weight excluding hydrogens is 598 g/mol. The SMILES string of the molecule is CN(C)CCNc1ccc2cc(OCC(ON3C(=O)c4ccccc4C3=O)C(=O)O)ccc2n1.O=C1c2ccccc2C(=O)N1O. The molecule has 2 aliphatic rings. The number of hydroxylamine groups is 4. The Morgan fingerprint density at radius 3 is 1.96 bits per heavy atom. The lowest BCUT2D eigenvalue weighted by molar-refractivity contribution is -0.178. The molecule has 0 saturated heterocycles. The predicted octanol–water partition coefficient (Wildman–Crippen LogP) is 2.94. The first-order chi connectivity index (χ1) is 22.0. The molecule has 0 fully saturated rings. The van der Waals surface area contributed by atoms with Gasteiger partial charge in [-0.1, -0.05) is 24.3 Å². The summed E-state index contributed by atoms with van der Waals surface area (Å²) in [7, 11) is 3.99. The van der Waals surface area contributed by atoms with E-state index in [0.717, 1.165) is 29.8 Å². The molecule has 4 amide bonds. The van der Waals surface area contributed by atoms with Crippen LogP contribution in [-0.2, 0) is 9.63 Å². The topological polar surface area (TPSA) is 179 Å². The second-order valence-electron chi connectivity index (χ2n) is 10.4. The molecule has 1 aromatic heterocycles. The molecule has 236 valence electrons. The van der Waals surface area contributed by atoms with Crippen LogP contribution in [-0.4, -0.2) is 99.8 Å². The molecule has 0 spiro atoms. The zero-order valence-electron chi connectivity index (χ0n) is 24.7. The molecule has 6 rings (SSSR count). The van der Waals surface area contributed by atoms with E-state index in [4.69, 9.17) is 14.8 Å². The van der Waals surface area contributed by atoms with Crippen molar-refractivity contribution >= 4 is 46.3 Å². The first kappa shape index (κ1) is 31.7. The van der Waals surface area contributed by atoms with Crippen molar-refractivity contribution in [1.29, 1.82) is 0 Å². The maximum atomic E-state index is 12.4. The minimum absolute atomic E-state index is 0.130. The van der Waals surface area contributed by atoms with Gasteiger partial charge in [0, 0.05) is 18.5 Å². The van der Waals surface area contributed by atoms with Crippen molar-refractivity contribution in [2.24, 2.45) is 0 Å². The predicted molar refractivity (Wildman–Crippen MR) is 162 cm³/mol. The Balaban J connectivity index is 0.000000289. The first-order valence-corrected chi connectivity index (χ1v) is 14.0. The van der Waals surface area contributed by atoms with Gasteiger partial charge in [-0.15, -0.1) is 10.1 Å². The number of ether oxygens (including phenoxy) is 1. The van der Waals surface area contributed by atoms with Gasteiger partial charge in [0.1, 0.15) is 18.2 Å². The zero-order valence-corrected chi connectivity index (χ0v) is 24.7. The van der Waals surface area contributed by atoms with Gasteiger partial charge in [0.15, 0.2) is 0 Å². The maximum Gasteiger partial charge on any atom is 0.339 e. The van der Waals surface area contributed by atoms with Crippen LogP contribution in [0.1, 0.15) is 41.4 Å². The second kappa shape index (κ2) is 13.5. The number of aromatic nitrogens is 1. The number of nitrogens with one attached hydrogen (secondary N) is 1. The monoisotopic (exact) mass is 627 g/mol. The Labute approximate surface area is 262 Å². The van der Waals surface area contributed by atoms with Gasteiger partial charge >= 0.3 is 5.97 Å². The Hall–Kier alpha value is -5.70. The standard InChI is InChI=1S/C24H24N4O6.C8H5NO3/c1-27(2)12-11-25-21-10-7-15-13-16(8-9-19(15)26-21)33-14-20(24(31)32)34-28-22(29)17-5-3-4-6-18(17)23(28)30;10-7-5-3-1-2-4-6(5)8(11)9(7)12/h3-10,13,20H,11-12,14H2,1-2H3,(H,25,26)(H,31,32);1-4,12H. The number of carboxylic acid groups (broad SMARTS) is 1. The molecule has 0 saturated carbocycles. The van der Waals surface area contributed by atoms with Crippen molar-refractivity contribution in [3.05, 3.63) is 101 Å². The smallest absolute Gasteiger partial charge is 0.339 e. The van der Waals surface area contributed by atoms with E-state index in [9.17, 15) is 29.1 Å². The molecule has 1 unspecified atom stereocenters. The third kappa shape index (κ3) is 6.68. The Morgan fingerprint density at radius 1 is 0.848 bits per heavy atom. The number of rotatable bonds is 10. The number of carbonyl (C=O) groups is 5. The van der Waals surface area contributed by atoms with Crippen molar-refractivity contribution in [1.82, 2.24) is 20.0 Å². The van der Waals surface area contributed by atoms with Gasteiger partial charge in [0.2, 0.25) is 6.10 Å². The molecular formula is C32H29N5O9. The number of amides is 4. The number of likely N-dealkylation sites (N-methyl/N-ethyl adjacent to an activating group) is 1. The van der Waals surface area contributed by atoms with Crippen LogP contribution < -0.4 is 10.1 Å². The normalized spacial score (nSPS) is 14.3. The van der Waals surface area contributed by atoms with E-state index in [1.807, 2.05) is 26.2 Å². The van der Waals surface area contributed by atoms with Crippen LogP contribution in [0.25, 0.3) is 10.9 Å². The van der Waals surface area contributed by atoms with Crippen LogP contribution in [0.15, 0.2) is 78.9 Å². The summed E-state index contributed by atoms with van der Waals surface area (Å²) in [5, 5.41) is 23.1. The summed E-state index contributed by atoms with van der Waals surface area (Å²) < 4.78 is 5.61. The fraction of sp³-hybridized carbons (Fsp3) is 0.188. The first-order valence-electron chi connectivity index (χ1n) is 14.0. The third-order valence-electron chi connectivity index (χ3n) is 6.96. The summed E-state index contributed by atoms with van der Waals surface area (Å²) in [6.07, 6.45) is -1.57. The maximum absolute atomic E-state index is 12.4. The van der Waals surface area contributed by atoms with E-state index in [0.29, 0.717) is 10.8 Å². The van der Waals surface area contributed by atoms with E-state index >= 15 is 0 Å². The van der Waals surface area contributed by atoms with Gasteiger partial charge in [-0.3, -0.25) is 24.4 Å². The summed E-state index contributed by atoms with van der Waals surface area (Å²) >= 11 is 0. The van der Waals surface area contributed by atoms with Gasteiger partial charge in [-0.05, 0) is 68.7 Å². The van der Waals surface area contributed by atoms with E-state index in [1.54, 1.807) is 42.5 Å². The quantitative estimate of drug-likeness (QED) is 0.173. The number of imide groups is 2. The highest BCUT2D eigenvalue weighted by Gasteiger charge is 2.39. The van der Waals surface area contributed by atoms with Gasteiger partial charge < -0.3 is 20.1 Å². The average Bonchev–Trinajstić information content (AvgIpc) is 3.42. The number of nitrogens with zero attached hydrogens (tertiary/aromatic N) is 4. The van der Waals surface area contributed by atoms with Gasteiger partial charge in [0.05, 0.1) is 27.8 Å². The highest BCUT2D eigenvalue weighted by atomic mass is 16.7. The number of carboxylic acids is 1. The third-order valence-corrected chi connectivity index (χ3v) is 6.96. The molecule has 46 heavy (non-hydrogen) atoms. The molecule has 0 bridgehead atoms. The molecule has 14 heteroatoms. The van der Waals surface area contributed by atoms with Crippen molar-refractivity contribution in [3.8, 4) is 5.75 Å². The summed E-state index contributed by atoms with van der Waals surface area (Å²) in [4.78, 5) is 70.6. The minimum Gasteiger partial charge on any atom is -0.490 e. The highest BCUT2D eigenvalue weighted by Crippen LogP contribution is 2.25. The van der Waals surface area contributed by atoms with Crippen LogP contribution in [0, 0.1) is 0 Å². The summed E-state index contributed by atoms with van der Waals surface area (Å²) in [6.45, 7) is 1.22. The number of hydrogen-bond acceptors (Lipinski definition) is 11. The second-order valence-corrected chi connectivity index (χ2v) is 10.4. The molecule has 3 aromatic carbocycles. The van der Waals surface area contributed by atoms with Crippen LogP contribution in [0.4, 0.5) is 5.82 Å². The van der Waals surface area contributed by atoms with Crippen molar-refractivity contribution < 1.29 is 43.9 Å². The van der Waals surface area contributed by atoms with E-state index in [1.165, 1.54) is 24.3 Å². The molecule has 4 aromatic rings. The van der Waals surface area contributed by atoms with Crippen molar-refractivity contribution in [2.45, 2.75) is 6.10 Å². The number of anilines is 1. The van der Waals surface area contributed by atoms with Gasteiger partial charge in [-0.25, -0.2) is 14.6 Å².